The number of hydrogen-bond donors (Lipinski definition) is 0. The fraction of sp³-hybridized carbons (Fsp3) is 0.114. The molecule has 1 aromatic heterocycles. The molecular formula is C35H27N3O3S2. The number of para-hydroxylation sites is 2. The number of pyridine rings is 1. The number of methoxy groups -OCH3 is 2. The van der Waals surface area contributed by atoms with Gasteiger partial charge in [0.15, 0.2) is 11.5 Å². The normalized spacial score (nSPS) is 11.7. The van der Waals surface area contributed by atoms with Crippen molar-refractivity contribution in [2.24, 2.45) is 0 Å². The second-order valence-corrected chi connectivity index (χ2v) is 11.9. The van der Waals surface area contributed by atoms with Gasteiger partial charge in [0.1, 0.15) is 11.1 Å². The van der Waals surface area contributed by atoms with E-state index in [9.17, 15) is 10.1 Å². The quantitative estimate of drug-likeness (QED) is 0.173. The van der Waals surface area contributed by atoms with Gasteiger partial charge in [0, 0.05) is 20.9 Å². The Balaban J connectivity index is 1.42. The summed E-state index contributed by atoms with van der Waals surface area (Å²) in [7, 11) is 3.17. The summed E-state index contributed by atoms with van der Waals surface area (Å²) < 4.78 is 11.0. The van der Waals surface area contributed by atoms with Gasteiger partial charge in [0.25, 0.3) is 0 Å². The predicted molar refractivity (Wildman–Crippen MR) is 173 cm³/mol. The SMILES string of the molecule is COc1ccc(-c2cc(-c3ccc(C)cc3)nc(SCC(=O)N3c4ccccc4Sc4ccccc43)c2C#N)cc1OC. The van der Waals surface area contributed by atoms with Crippen LogP contribution in [-0.2, 0) is 4.79 Å². The number of carbonyl (C=O) groups excluding carboxylic acids is 1. The number of aryl methyl sites for hydroxylation is 1. The first-order valence-corrected chi connectivity index (χ1v) is 15.4. The fourth-order valence-corrected chi connectivity index (χ4v) is 6.92. The monoisotopic (exact) mass is 601 g/mol. The van der Waals surface area contributed by atoms with Crippen molar-refractivity contribution in [2.75, 3.05) is 24.9 Å². The topological polar surface area (TPSA) is 75.5 Å². The van der Waals surface area contributed by atoms with Crippen molar-refractivity contribution in [3.8, 4) is 40.0 Å². The fourth-order valence-electron chi connectivity index (χ4n) is 5.01. The number of rotatable bonds is 7. The number of nitriles is 1. The lowest BCUT2D eigenvalue weighted by Crippen LogP contribution is -2.30. The number of benzene rings is 4. The molecule has 0 aliphatic carbocycles. The zero-order valence-electron chi connectivity index (χ0n) is 23.8. The van der Waals surface area contributed by atoms with Crippen LogP contribution in [0.25, 0.3) is 22.4 Å². The number of nitrogens with zero attached hydrogens (tertiary/aromatic N) is 3. The van der Waals surface area contributed by atoms with Crippen LogP contribution in [0.4, 0.5) is 11.4 Å². The van der Waals surface area contributed by atoms with Crippen LogP contribution in [0.2, 0.25) is 0 Å². The summed E-state index contributed by atoms with van der Waals surface area (Å²) in [5.41, 5.74) is 6.36. The van der Waals surface area contributed by atoms with E-state index in [-0.39, 0.29) is 11.7 Å². The Bertz CT molecular complexity index is 1840. The molecule has 0 N–H and O–H groups in total. The standard InChI is InChI=1S/C35H27N3O3S2/c1-22-12-14-23(15-13-22)27-19-25(24-16-17-30(40-2)31(18-24)41-3)26(20-36)35(37-27)42-21-34(39)38-28-8-4-6-10-32(28)43-33-11-7-5-9-29(33)38/h4-19H,21H2,1-3H3. The van der Waals surface area contributed by atoms with Crippen molar-refractivity contribution in [3.63, 3.8) is 0 Å². The highest BCUT2D eigenvalue weighted by atomic mass is 32.2. The summed E-state index contributed by atoms with van der Waals surface area (Å²) in [4.78, 5) is 22.7. The first kappa shape index (κ1) is 28.4. The molecule has 6 rings (SSSR count). The highest BCUT2D eigenvalue weighted by molar-refractivity contribution is 8.00. The van der Waals surface area contributed by atoms with Crippen molar-refractivity contribution in [3.05, 3.63) is 108 Å². The first-order chi connectivity index (χ1) is 21.0. The van der Waals surface area contributed by atoms with E-state index < -0.39 is 0 Å². The van der Waals surface area contributed by atoms with E-state index >= 15 is 0 Å². The Hall–Kier alpha value is -4.71. The summed E-state index contributed by atoms with van der Waals surface area (Å²) in [6.45, 7) is 2.04. The number of aromatic nitrogens is 1. The molecule has 1 aliphatic heterocycles. The maximum absolute atomic E-state index is 14.0. The molecule has 8 heteroatoms. The molecule has 0 unspecified atom stereocenters. The summed E-state index contributed by atoms with van der Waals surface area (Å²) in [6.07, 6.45) is 0. The second kappa shape index (κ2) is 12.3. The van der Waals surface area contributed by atoms with Crippen molar-refractivity contribution in [2.45, 2.75) is 21.7 Å². The third kappa shape index (κ3) is 5.57. The summed E-state index contributed by atoms with van der Waals surface area (Å²) in [5, 5.41) is 10.9. The largest absolute Gasteiger partial charge is 0.493 e. The van der Waals surface area contributed by atoms with Crippen LogP contribution in [0.15, 0.2) is 112 Å². The second-order valence-electron chi connectivity index (χ2n) is 9.84. The molecule has 1 amide bonds. The smallest absolute Gasteiger partial charge is 0.242 e. The lowest BCUT2D eigenvalue weighted by molar-refractivity contribution is -0.115. The highest BCUT2D eigenvalue weighted by Gasteiger charge is 2.28. The zero-order valence-corrected chi connectivity index (χ0v) is 25.5. The van der Waals surface area contributed by atoms with Gasteiger partial charge < -0.3 is 9.47 Å². The van der Waals surface area contributed by atoms with Gasteiger partial charge in [-0.25, -0.2) is 4.98 Å². The minimum Gasteiger partial charge on any atom is -0.493 e. The van der Waals surface area contributed by atoms with Gasteiger partial charge in [-0.2, -0.15) is 5.26 Å². The molecular weight excluding hydrogens is 575 g/mol. The van der Waals surface area contributed by atoms with Crippen molar-refractivity contribution in [1.82, 2.24) is 4.98 Å². The first-order valence-electron chi connectivity index (χ1n) is 13.6. The van der Waals surface area contributed by atoms with E-state index in [4.69, 9.17) is 14.5 Å². The number of anilines is 2. The summed E-state index contributed by atoms with van der Waals surface area (Å²) in [6, 6.07) is 33.8. The molecule has 212 valence electrons. The van der Waals surface area contributed by atoms with E-state index in [2.05, 4.69) is 6.07 Å². The number of amides is 1. The van der Waals surface area contributed by atoms with Crippen LogP contribution in [0.1, 0.15) is 11.1 Å². The third-order valence-electron chi connectivity index (χ3n) is 7.15. The van der Waals surface area contributed by atoms with Crippen molar-refractivity contribution >= 4 is 40.8 Å². The van der Waals surface area contributed by atoms with Crippen LogP contribution in [0.3, 0.4) is 0 Å². The van der Waals surface area contributed by atoms with E-state index in [1.54, 1.807) is 30.9 Å². The van der Waals surface area contributed by atoms with Crippen molar-refractivity contribution in [1.29, 1.82) is 5.26 Å². The van der Waals surface area contributed by atoms with Crippen molar-refractivity contribution < 1.29 is 14.3 Å². The van der Waals surface area contributed by atoms with Gasteiger partial charge >= 0.3 is 0 Å². The number of fused-ring (bicyclic) bond motifs is 2. The molecule has 0 radical (unpaired) electrons. The van der Waals surface area contributed by atoms with E-state index in [0.29, 0.717) is 33.3 Å². The molecule has 0 saturated carbocycles. The molecule has 0 saturated heterocycles. The average Bonchev–Trinajstić information content (AvgIpc) is 3.05. The van der Waals surface area contributed by atoms with Crippen LogP contribution in [0, 0.1) is 18.3 Å². The lowest BCUT2D eigenvalue weighted by Gasteiger charge is -2.31. The highest BCUT2D eigenvalue weighted by Crippen LogP contribution is 2.48. The third-order valence-corrected chi connectivity index (χ3v) is 9.24. The molecule has 0 spiro atoms. The number of thioether (sulfide) groups is 1. The molecule has 1 aliphatic rings. The van der Waals surface area contributed by atoms with Gasteiger partial charge in [-0.3, -0.25) is 9.69 Å². The Morgan fingerprint density at radius 3 is 2.12 bits per heavy atom. The number of hydrogen-bond acceptors (Lipinski definition) is 7. The van der Waals surface area contributed by atoms with Gasteiger partial charge in [-0.1, -0.05) is 83.7 Å². The van der Waals surface area contributed by atoms with E-state index in [0.717, 1.165) is 37.9 Å². The average molecular weight is 602 g/mol. The zero-order chi connectivity index (χ0) is 29.9. The molecule has 0 atom stereocenters. The van der Waals surface area contributed by atoms with Crippen LogP contribution >= 0.6 is 23.5 Å². The Morgan fingerprint density at radius 1 is 0.860 bits per heavy atom. The van der Waals surface area contributed by atoms with Gasteiger partial charge in [0.05, 0.1) is 42.6 Å². The molecule has 6 nitrogen and oxygen atoms in total. The molecule has 0 bridgehead atoms. The molecule has 0 fully saturated rings. The predicted octanol–water partition coefficient (Wildman–Crippen LogP) is 8.53. The van der Waals surface area contributed by atoms with E-state index in [1.165, 1.54) is 11.8 Å². The lowest BCUT2D eigenvalue weighted by atomic mass is 9.98. The molecule has 43 heavy (non-hydrogen) atoms. The minimum absolute atomic E-state index is 0.0932. The summed E-state index contributed by atoms with van der Waals surface area (Å²) >= 11 is 2.93. The molecule has 4 aromatic carbocycles. The van der Waals surface area contributed by atoms with Crippen LogP contribution < -0.4 is 14.4 Å². The van der Waals surface area contributed by atoms with Crippen LogP contribution in [0.5, 0.6) is 11.5 Å². The summed E-state index contributed by atoms with van der Waals surface area (Å²) in [5.74, 6) is 1.15. The maximum Gasteiger partial charge on any atom is 0.242 e. The maximum atomic E-state index is 14.0. The Morgan fingerprint density at radius 2 is 1.49 bits per heavy atom. The number of ether oxygens (including phenoxy) is 2. The Labute approximate surface area is 259 Å². The van der Waals surface area contributed by atoms with Gasteiger partial charge in [-0.15, -0.1) is 0 Å². The van der Waals surface area contributed by atoms with Crippen LogP contribution in [-0.4, -0.2) is 30.9 Å². The van der Waals surface area contributed by atoms with Gasteiger partial charge in [0.2, 0.25) is 5.91 Å². The molecule has 5 aromatic rings. The number of carbonyl (C=O) groups is 1. The minimum atomic E-state index is -0.0932. The molecule has 2 heterocycles. The van der Waals surface area contributed by atoms with Gasteiger partial charge in [-0.05, 0) is 55.0 Å². The van der Waals surface area contributed by atoms with E-state index in [1.807, 2.05) is 104 Å². The Kier molecular flexibility index (Phi) is 8.10.